The topological polar surface area (TPSA) is 47.6 Å². The molecule has 0 aromatic heterocycles. The first-order chi connectivity index (χ1) is 12.4. The minimum absolute atomic E-state index is 0.0906. The molecule has 3 aliphatic rings. The lowest BCUT2D eigenvalue weighted by Crippen LogP contribution is -2.58. The highest BCUT2D eigenvalue weighted by Gasteiger charge is 2.68. The lowest BCUT2D eigenvalue weighted by atomic mass is 9.59. The molecule has 1 aliphatic heterocycles. The number of rotatable bonds is 4. The van der Waals surface area contributed by atoms with Gasteiger partial charge >= 0.3 is 0 Å². The van der Waals surface area contributed by atoms with Crippen molar-refractivity contribution in [3.63, 3.8) is 0 Å². The van der Waals surface area contributed by atoms with Gasteiger partial charge in [-0.2, -0.15) is 0 Å². The smallest absolute Gasteiger partial charge is 0.217 e. The van der Waals surface area contributed by atoms with Gasteiger partial charge in [0.1, 0.15) is 5.75 Å². The molecule has 2 aliphatic carbocycles. The SMILES string of the molecule is CCOc1ccc([C@H]2OCCC34C[C@@H](C[C@H]23)C(C)(C)[C@@H]4NC(C)=O)cc1. The second-order valence-electron chi connectivity index (χ2n) is 8.97. The summed E-state index contributed by atoms with van der Waals surface area (Å²) in [4.78, 5) is 11.9. The number of hydrogen-bond acceptors (Lipinski definition) is 3. The Balaban J connectivity index is 1.64. The molecular weight excluding hydrogens is 326 g/mol. The Morgan fingerprint density at radius 1 is 1.31 bits per heavy atom. The molecule has 1 amide bonds. The van der Waals surface area contributed by atoms with Crippen molar-refractivity contribution in [2.75, 3.05) is 13.2 Å². The van der Waals surface area contributed by atoms with Crippen LogP contribution in [0.5, 0.6) is 5.75 Å². The Labute approximate surface area is 156 Å². The summed E-state index contributed by atoms with van der Waals surface area (Å²) < 4.78 is 11.9. The van der Waals surface area contributed by atoms with Crippen LogP contribution in [0.25, 0.3) is 0 Å². The van der Waals surface area contributed by atoms with Gasteiger partial charge in [0.25, 0.3) is 0 Å². The maximum Gasteiger partial charge on any atom is 0.217 e. The molecule has 26 heavy (non-hydrogen) atoms. The average Bonchev–Trinajstić information content (AvgIpc) is 3.09. The van der Waals surface area contributed by atoms with E-state index in [9.17, 15) is 4.79 Å². The van der Waals surface area contributed by atoms with Crippen molar-refractivity contribution in [3.05, 3.63) is 29.8 Å². The zero-order chi connectivity index (χ0) is 18.5. The van der Waals surface area contributed by atoms with Crippen molar-refractivity contribution < 1.29 is 14.3 Å². The van der Waals surface area contributed by atoms with Crippen LogP contribution in [0.2, 0.25) is 0 Å². The van der Waals surface area contributed by atoms with Crippen molar-refractivity contribution in [2.24, 2.45) is 22.7 Å². The highest BCUT2D eigenvalue weighted by Crippen LogP contribution is 2.70. The molecule has 1 aromatic rings. The molecule has 1 unspecified atom stereocenters. The number of benzene rings is 1. The molecule has 142 valence electrons. The van der Waals surface area contributed by atoms with Gasteiger partial charge < -0.3 is 14.8 Å². The van der Waals surface area contributed by atoms with E-state index in [-0.39, 0.29) is 28.9 Å². The molecule has 2 saturated carbocycles. The highest BCUT2D eigenvalue weighted by molar-refractivity contribution is 5.73. The van der Waals surface area contributed by atoms with Crippen LogP contribution in [0.4, 0.5) is 0 Å². The zero-order valence-corrected chi connectivity index (χ0v) is 16.4. The fourth-order valence-electron chi connectivity index (χ4n) is 6.24. The predicted octanol–water partition coefficient (Wildman–Crippen LogP) is 4.10. The summed E-state index contributed by atoms with van der Waals surface area (Å²) in [5.74, 6) is 2.13. The first-order valence-corrected chi connectivity index (χ1v) is 10.00. The number of fused-ring (bicyclic) bond motifs is 1. The van der Waals surface area contributed by atoms with E-state index in [0.29, 0.717) is 18.4 Å². The summed E-state index contributed by atoms with van der Waals surface area (Å²) in [5, 5.41) is 3.34. The van der Waals surface area contributed by atoms with Crippen molar-refractivity contribution in [2.45, 2.75) is 59.1 Å². The summed E-state index contributed by atoms with van der Waals surface area (Å²) in [6.07, 6.45) is 3.58. The monoisotopic (exact) mass is 357 g/mol. The molecule has 4 nitrogen and oxygen atoms in total. The molecule has 0 radical (unpaired) electrons. The number of carbonyl (C=O) groups is 1. The quantitative estimate of drug-likeness (QED) is 0.882. The van der Waals surface area contributed by atoms with Crippen LogP contribution in [0.1, 0.15) is 58.6 Å². The normalized spacial score (nSPS) is 37.2. The van der Waals surface area contributed by atoms with Gasteiger partial charge in [-0.1, -0.05) is 26.0 Å². The molecule has 2 bridgehead atoms. The number of amides is 1. The molecule has 4 heteroatoms. The van der Waals surface area contributed by atoms with Crippen LogP contribution in [0.3, 0.4) is 0 Å². The lowest BCUT2D eigenvalue weighted by molar-refractivity contribution is -0.136. The summed E-state index contributed by atoms with van der Waals surface area (Å²) in [5.41, 5.74) is 1.56. The Kier molecular flexibility index (Phi) is 4.30. The number of ether oxygens (including phenoxy) is 2. The summed E-state index contributed by atoms with van der Waals surface area (Å²) in [6, 6.07) is 8.64. The number of carbonyl (C=O) groups excluding carboxylic acids is 1. The van der Waals surface area contributed by atoms with Gasteiger partial charge in [-0.3, -0.25) is 4.79 Å². The molecule has 5 atom stereocenters. The largest absolute Gasteiger partial charge is 0.494 e. The number of hydrogen-bond donors (Lipinski definition) is 1. The fraction of sp³-hybridized carbons (Fsp3) is 0.682. The Morgan fingerprint density at radius 2 is 2.04 bits per heavy atom. The first-order valence-electron chi connectivity index (χ1n) is 10.00. The summed E-state index contributed by atoms with van der Waals surface area (Å²) in [6.45, 7) is 9.78. The molecule has 1 aromatic carbocycles. The molecule has 1 spiro atoms. The first kappa shape index (κ1) is 17.8. The van der Waals surface area contributed by atoms with Crippen molar-refractivity contribution in [1.29, 1.82) is 0 Å². The van der Waals surface area contributed by atoms with Crippen molar-refractivity contribution in [3.8, 4) is 5.75 Å². The van der Waals surface area contributed by atoms with Crippen LogP contribution < -0.4 is 10.1 Å². The van der Waals surface area contributed by atoms with Gasteiger partial charge in [0, 0.05) is 19.6 Å². The van der Waals surface area contributed by atoms with Gasteiger partial charge in [0.15, 0.2) is 0 Å². The van der Waals surface area contributed by atoms with Gasteiger partial charge in [-0.15, -0.1) is 0 Å². The third kappa shape index (κ3) is 2.57. The van der Waals surface area contributed by atoms with Crippen LogP contribution in [0, 0.1) is 22.7 Å². The second kappa shape index (κ2) is 6.26. The van der Waals surface area contributed by atoms with Gasteiger partial charge in [0.05, 0.1) is 12.7 Å². The maximum absolute atomic E-state index is 11.9. The van der Waals surface area contributed by atoms with Crippen LogP contribution in [-0.2, 0) is 9.53 Å². The van der Waals surface area contributed by atoms with E-state index in [0.717, 1.165) is 18.8 Å². The van der Waals surface area contributed by atoms with Crippen LogP contribution >= 0.6 is 0 Å². The molecule has 1 heterocycles. The lowest BCUT2D eigenvalue weighted by Gasteiger charge is -2.53. The van der Waals surface area contributed by atoms with E-state index in [1.54, 1.807) is 6.92 Å². The zero-order valence-electron chi connectivity index (χ0n) is 16.4. The van der Waals surface area contributed by atoms with Crippen molar-refractivity contribution in [1.82, 2.24) is 5.32 Å². The van der Waals surface area contributed by atoms with Gasteiger partial charge in [-0.05, 0) is 66.5 Å². The van der Waals surface area contributed by atoms with E-state index >= 15 is 0 Å². The molecule has 4 rings (SSSR count). The summed E-state index contributed by atoms with van der Waals surface area (Å²) >= 11 is 0. The third-order valence-corrected chi connectivity index (χ3v) is 7.37. The third-order valence-electron chi connectivity index (χ3n) is 7.37. The average molecular weight is 357 g/mol. The number of nitrogens with one attached hydrogen (secondary N) is 1. The minimum atomic E-state index is 0.0906. The fourth-order valence-corrected chi connectivity index (χ4v) is 6.24. The van der Waals surface area contributed by atoms with Gasteiger partial charge in [-0.25, -0.2) is 0 Å². The molecule has 3 fully saturated rings. The summed E-state index contributed by atoms with van der Waals surface area (Å²) in [7, 11) is 0. The molecular formula is C22H31NO3. The van der Waals surface area contributed by atoms with E-state index < -0.39 is 0 Å². The van der Waals surface area contributed by atoms with Crippen molar-refractivity contribution >= 4 is 5.91 Å². The predicted molar refractivity (Wildman–Crippen MR) is 101 cm³/mol. The molecule has 1 N–H and O–H groups in total. The Bertz CT molecular complexity index is 683. The Morgan fingerprint density at radius 3 is 2.69 bits per heavy atom. The van der Waals surface area contributed by atoms with E-state index in [1.165, 1.54) is 18.4 Å². The Hall–Kier alpha value is -1.55. The van der Waals surface area contributed by atoms with E-state index in [2.05, 4.69) is 31.3 Å². The molecule has 1 saturated heterocycles. The minimum Gasteiger partial charge on any atom is -0.494 e. The second-order valence-corrected chi connectivity index (χ2v) is 8.97. The highest BCUT2D eigenvalue weighted by atomic mass is 16.5. The van der Waals surface area contributed by atoms with Gasteiger partial charge in [0.2, 0.25) is 5.91 Å². The van der Waals surface area contributed by atoms with E-state index in [4.69, 9.17) is 9.47 Å². The van der Waals surface area contributed by atoms with E-state index in [1.807, 2.05) is 19.1 Å². The maximum atomic E-state index is 11.9. The standard InChI is InChI=1S/C22H31NO3/c1-5-25-17-8-6-15(7-9-17)19-18-12-16-13-22(18,10-11-26-19)20(21(16,3)4)23-14(2)24/h6-9,16,18-20H,5,10-13H2,1-4H3,(H,23,24)/t16-,18-,19-,20+,22?/m1/s1. The van der Waals surface area contributed by atoms with Crippen LogP contribution in [-0.4, -0.2) is 25.2 Å². The van der Waals surface area contributed by atoms with Crippen LogP contribution in [0.15, 0.2) is 24.3 Å².